The van der Waals surface area contributed by atoms with Crippen LogP contribution in [0.15, 0.2) is 30.3 Å². The van der Waals surface area contributed by atoms with Crippen molar-refractivity contribution in [2.45, 2.75) is 13.8 Å². The minimum Gasteiger partial charge on any atom is -0.365 e. The van der Waals surface area contributed by atoms with E-state index < -0.39 is 6.03 Å². The number of para-hydroxylation sites is 1. The van der Waals surface area contributed by atoms with Gasteiger partial charge in [0.1, 0.15) is 0 Å². The number of imide groups is 1. The van der Waals surface area contributed by atoms with Crippen LogP contribution in [0.1, 0.15) is 13.8 Å². The molecule has 0 saturated carbocycles. The van der Waals surface area contributed by atoms with Gasteiger partial charge in [0.25, 0.3) is 0 Å². The minimum absolute atomic E-state index is 0.138. The van der Waals surface area contributed by atoms with E-state index in [4.69, 9.17) is 0 Å². The van der Waals surface area contributed by atoms with Crippen LogP contribution in [0.2, 0.25) is 0 Å². The van der Waals surface area contributed by atoms with Crippen molar-refractivity contribution >= 4 is 17.6 Å². The molecular formula is C14H21N3O2. The molecule has 0 aromatic heterocycles. The van der Waals surface area contributed by atoms with Crippen molar-refractivity contribution in [3.63, 3.8) is 0 Å². The maximum atomic E-state index is 11.7. The molecule has 0 heterocycles. The van der Waals surface area contributed by atoms with Crippen molar-refractivity contribution in [2.75, 3.05) is 25.0 Å². The summed E-state index contributed by atoms with van der Waals surface area (Å²) in [6.45, 7) is 4.67. The second-order valence-corrected chi connectivity index (χ2v) is 4.84. The molecule has 5 heteroatoms. The SMILES string of the molecule is CC(C)CNC(=O)NC(=O)CN(C)c1ccccc1. The average molecular weight is 263 g/mol. The predicted molar refractivity (Wildman–Crippen MR) is 76.1 cm³/mol. The second-order valence-electron chi connectivity index (χ2n) is 4.84. The Hall–Kier alpha value is -2.04. The summed E-state index contributed by atoms with van der Waals surface area (Å²) in [4.78, 5) is 24.9. The number of rotatable bonds is 5. The van der Waals surface area contributed by atoms with Crippen LogP contribution in [0.5, 0.6) is 0 Å². The molecule has 19 heavy (non-hydrogen) atoms. The third-order valence-electron chi connectivity index (χ3n) is 2.50. The van der Waals surface area contributed by atoms with Gasteiger partial charge in [-0.25, -0.2) is 4.79 Å². The van der Waals surface area contributed by atoms with Gasteiger partial charge in [-0.3, -0.25) is 10.1 Å². The molecule has 1 aromatic carbocycles. The summed E-state index contributed by atoms with van der Waals surface area (Å²) in [6, 6.07) is 9.09. The molecule has 0 aliphatic heterocycles. The summed E-state index contributed by atoms with van der Waals surface area (Å²) in [6.07, 6.45) is 0. The van der Waals surface area contributed by atoms with E-state index in [2.05, 4.69) is 10.6 Å². The maximum absolute atomic E-state index is 11.7. The molecule has 0 spiro atoms. The Morgan fingerprint density at radius 1 is 1.21 bits per heavy atom. The Bertz CT molecular complexity index is 418. The molecule has 0 aliphatic rings. The molecule has 0 aliphatic carbocycles. The van der Waals surface area contributed by atoms with E-state index >= 15 is 0 Å². The van der Waals surface area contributed by atoms with Gasteiger partial charge in [-0.1, -0.05) is 32.0 Å². The highest BCUT2D eigenvalue weighted by Gasteiger charge is 2.10. The largest absolute Gasteiger partial charge is 0.365 e. The van der Waals surface area contributed by atoms with Gasteiger partial charge in [-0.2, -0.15) is 0 Å². The molecule has 5 nitrogen and oxygen atoms in total. The van der Waals surface area contributed by atoms with Crippen molar-refractivity contribution in [3.8, 4) is 0 Å². The number of amides is 3. The Kier molecular flexibility index (Phi) is 5.85. The van der Waals surface area contributed by atoms with E-state index in [0.29, 0.717) is 12.5 Å². The number of carbonyl (C=O) groups is 2. The molecule has 104 valence electrons. The van der Waals surface area contributed by atoms with Gasteiger partial charge in [0.2, 0.25) is 5.91 Å². The second kappa shape index (κ2) is 7.41. The van der Waals surface area contributed by atoms with Gasteiger partial charge in [-0.15, -0.1) is 0 Å². The number of nitrogens with one attached hydrogen (secondary N) is 2. The van der Waals surface area contributed by atoms with Crippen LogP contribution in [0.4, 0.5) is 10.5 Å². The van der Waals surface area contributed by atoms with Crippen LogP contribution in [-0.2, 0) is 4.79 Å². The van der Waals surface area contributed by atoms with Crippen LogP contribution in [0.3, 0.4) is 0 Å². The van der Waals surface area contributed by atoms with Gasteiger partial charge in [0.15, 0.2) is 0 Å². The zero-order valence-electron chi connectivity index (χ0n) is 11.6. The fourth-order valence-electron chi connectivity index (χ4n) is 1.50. The zero-order valence-corrected chi connectivity index (χ0v) is 11.6. The number of hydrogen-bond donors (Lipinski definition) is 2. The molecule has 0 saturated heterocycles. The molecular weight excluding hydrogens is 242 g/mol. The smallest absolute Gasteiger partial charge is 0.321 e. The standard InChI is InChI=1S/C14H21N3O2/c1-11(2)9-15-14(19)16-13(18)10-17(3)12-7-5-4-6-8-12/h4-8,11H,9-10H2,1-3H3,(H2,15,16,18,19). The summed E-state index contributed by atoms with van der Waals surface area (Å²) in [5.41, 5.74) is 0.931. The van der Waals surface area contributed by atoms with Crippen LogP contribution in [0.25, 0.3) is 0 Å². The van der Waals surface area contributed by atoms with Crippen molar-refractivity contribution in [1.29, 1.82) is 0 Å². The third-order valence-corrected chi connectivity index (χ3v) is 2.50. The summed E-state index contributed by atoms with van der Waals surface area (Å²) in [7, 11) is 1.81. The molecule has 3 amide bonds. The van der Waals surface area contributed by atoms with Crippen molar-refractivity contribution < 1.29 is 9.59 Å². The van der Waals surface area contributed by atoms with Crippen molar-refractivity contribution in [2.24, 2.45) is 5.92 Å². The number of hydrogen-bond acceptors (Lipinski definition) is 3. The number of nitrogens with zero attached hydrogens (tertiary/aromatic N) is 1. The van der Waals surface area contributed by atoms with Crippen molar-refractivity contribution in [3.05, 3.63) is 30.3 Å². The van der Waals surface area contributed by atoms with Gasteiger partial charge >= 0.3 is 6.03 Å². The van der Waals surface area contributed by atoms with Gasteiger partial charge in [0, 0.05) is 19.3 Å². The lowest BCUT2D eigenvalue weighted by Crippen LogP contribution is -2.44. The lowest BCUT2D eigenvalue weighted by atomic mass is 10.2. The van der Waals surface area contributed by atoms with Gasteiger partial charge < -0.3 is 10.2 Å². The van der Waals surface area contributed by atoms with Crippen LogP contribution < -0.4 is 15.5 Å². The average Bonchev–Trinajstić information content (AvgIpc) is 2.37. The van der Waals surface area contributed by atoms with Gasteiger partial charge in [-0.05, 0) is 18.1 Å². The molecule has 0 unspecified atom stereocenters. The highest BCUT2D eigenvalue weighted by Crippen LogP contribution is 2.09. The maximum Gasteiger partial charge on any atom is 0.321 e. The summed E-state index contributed by atoms with van der Waals surface area (Å²) < 4.78 is 0. The first-order valence-corrected chi connectivity index (χ1v) is 6.33. The van der Waals surface area contributed by atoms with E-state index in [9.17, 15) is 9.59 Å². The lowest BCUT2D eigenvalue weighted by Gasteiger charge is -2.18. The predicted octanol–water partition coefficient (Wildman–Crippen LogP) is 1.60. The van der Waals surface area contributed by atoms with Crippen LogP contribution >= 0.6 is 0 Å². The zero-order chi connectivity index (χ0) is 14.3. The topological polar surface area (TPSA) is 61.4 Å². The number of anilines is 1. The first-order valence-electron chi connectivity index (χ1n) is 6.33. The Morgan fingerprint density at radius 2 is 1.84 bits per heavy atom. The first kappa shape index (κ1) is 15.0. The van der Waals surface area contributed by atoms with E-state index in [0.717, 1.165) is 5.69 Å². The monoisotopic (exact) mass is 263 g/mol. The first-order chi connectivity index (χ1) is 8.99. The number of urea groups is 1. The Labute approximate surface area is 114 Å². The number of likely N-dealkylation sites (N-methyl/N-ethyl adjacent to an activating group) is 1. The Balaban J connectivity index is 2.37. The van der Waals surface area contributed by atoms with E-state index in [1.165, 1.54) is 0 Å². The molecule has 1 aromatic rings. The fourth-order valence-corrected chi connectivity index (χ4v) is 1.50. The highest BCUT2D eigenvalue weighted by molar-refractivity contribution is 5.96. The van der Waals surface area contributed by atoms with Crippen LogP contribution in [-0.4, -0.2) is 32.1 Å². The molecule has 0 radical (unpaired) electrons. The van der Waals surface area contributed by atoms with Crippen molar-refractivity contribution in [1.82, 2.24) is 10.6 Å². The molecule has 0 atom stereocenters. The summed E-state index contributed by atoms with van der Waals surface area (Å²) in [5.74, 6) is 0.0282. The number of benzene rings is 1. The van der Waals surface area contributed by atoms with E-state index in [1.807, 2.05) is 44.2 Å². The van der Waals surface area contributed by atoms with Gasteiger partial charge in [0.05, 0.1) is 6.54 Å². The molecule has 1 rings (SSSR count). The highest BCUT2D eigenvalue weighted by atomic mass is 16.2. The normalized spacial score (nSPS) is 10.1. The summed E-state index contributed by atoms with van der Waals surface area (Å²) >= 11 is 0. The van der Waals surface area contributed by atoms with Crippen LogP contribution in [0, 0.1) is 5.92 Å². The minimum atomic E-state index is -0.444. The molecule has 0 fully saturated rings. The molecule has 2 N–H and O–H groups in total. The molecule has 0 bridgehead atoms. The number of carbonyl (C=O) groups excluding carboxylic acids is 2. The van der Waals surface area contributed by atoms with E-state index in [1.54, 1.807) is 11.9 Å². The Morgan fingerprint density at radius 3 is 2.42 bits per heavy atom. The fraction of sp³-hybridized carbons (Fsp3) is 0.429. The lowest BCUT2D eigenvalue weighted by molar-refractivity contribution is -0.118. The quantitative estimate of drug-likeness (QED) is 0.848. The summed E-state index contributed by atoms with van der Waals surface area (Å²) in [5, 5.41) is 4.94. The third kappa shape index (κ3) is 5.90. The van der Waals surface area contributed by atoms with E-state index in [-0.39, 0.29) is 12.5 Å².